The molecule has 0 aliphatic carbocycles. The first-order valence-electron chi connectivity index (χ1n) is 10.8. The minimum absolute atomic E-state index is 0.0217. The van der Waals surface area contributed by atoms with Gasteiger partial charge in [0.2, 0.25) is 0 Å². The maximum Gasteiger partial charge on any atom is 0.315 e. The van der Waals surface area contributed by atoms with E-state index in [2.05, 4.69) is 32.6 Å². The van der Waals surface area contributed by atoms with Gasteiger partial charge in [-0.3, -0.25) is 4.90 Å². The van der Waals surface area contributed by atoms with E-state index in [1.165, 1.54) is 18.4 Å². The first-order chi connectivity index (χ1) is 14.5. The van der Waals surface area contributed by atoms with Crippen molar-refractivity contribution < 1.29 is 9.90 Å². The van der Waals surface area contributed by atoms with E-state index in [9.17, 15) is 9.90 Å². The number of hydrogen-bond acceptors (Lipinski definition) is 4. The van der Waals surface area contributed by atoms with Gasteiger partial charge in [0, 0.05) is 19.1 Å². The standard InChI is InChI=1S/C24H34N4O2/c1-27(2)18-21(15-19-9-4-3-5-10-19)26-24(30)25-17-23(28-13-6-7-14-28)20-11-8-12-22(29)16-20/h3-5,8-12,16,21,23,29H,6-7,13-15,17-18H2,1-2H3,(H2,25,26,30). The second-order valence-corrected chi connectivity index (χ2v) is 8.36. The van der Waals surface area contributed by atoms with E-state index >= 15 is 0 Å². The number of carbonyl (C=O) groups excluding carboxylic acids is 1. The lowest BCUT2D eigenvalue weighted by atomic mass is 10.0. The summed E-state index contributed by atoms with van der Waals surface area (Å²) in [6.45, 7) is 3.31. The molecule has 3 N–H and O–H groups in total. The Labute approximate surface area is 179 Å². The molecule has 1 saturated heterocycles. The molecule has 6 nitrogen and oxygen atoms in total. The van der Waals surface area contributed by atoms with Crippen LogP contribution in [0.1, 0.15) is 30.0 Å². The van der Waals surface area contributed by atoms with Gasteiger partial charge in [0.05, 0.1) is 6.04 Å². The van der Waals surface area contributed by atoms with E-state index in [0.717, 1.165) is 31.6 Å². The van der Waals surface area contributed by atoms with Crippen molar-refractivity contribution in [3.8, 4) is 5.75 Å². The SMILES string of the molecule is CN(C)CC(Cc1ccccc1)NC(=O)NCC(c1cccc(O)c1)N1CCCC1. The number of nitrogens with one attached hydrogen (secondary N) is 2. The fraction of sp³-hybridized carbons (Fsp3) is 0.458. The third kappa shape index (κ3) is 6.75. The van der Waals surface area contributed by atoms with Crippen molar-refractivity contribution in [1.29, 1.82) is 0 Å². The van der Waals surface area contributed by atoms with Crippen molar-refractivity contribution >= 4 is 6.03 Å². The van der Waals surface area contributed by atoms with E-state index in [4.69, 9.17) is 0 Å². The van der Waals surface area contributed by atoms with Crippen LogP contribution in [-0.4, -0.2) is 67.3 Å². The lowest BCUT2D eigenvalue weighted by Gasteiger charge is -2.29. The van der Waals surface area contributed by atoms with Gasteiger partial charge in [-0.05, 0) is 69.7 Å². The van der Waals surface area contributed by atoms with Crippen molar-refractivity contribution in [3.63, 3.8) is 0 Å². The Kier molecular flexibility index (Phi) is 8.11. The molecule has 2 aromatic rings. The highest BCUT2D eigenvalue weighted by atomic mass is 16.3. The molecule has 30 heavy (non-hydrogen) atoms. The predicted octanol–water partition coefficient (Wildman–Crippen LogP) is 3.00. The second kappa shape index (κ2) is 11.0. The molecule has 0 spiro atoms. The van der Waals surface area contributed by atoms with Crippen LogP contribution < -0.4 is 10.6 Å². The van der Waals surface area contributed by atoms with Crippen molar-refractivity contribution in [2.24, 2.45) is 0 Å². The third-order valence-corrected chi connectivity index (χ3v) is 5.54. The summed E-state index contributed by atoms with van der Waals surface area (Å²) in [7, 11) is 4.03. The van der Waals surface area contributed by atoms with Gasteiger partial charge in [-0.15, -0.1) is 0 Å². The normalized spacial score (nSPS) is 16.4. The average Bonchev–Trinajstić information content (AvgIpc) is 3.23. The molecular weight excluding hydrogens is 376 g/mol. The van der Waals surface area contributed by atoms with Crippen LogP contribution in [0.5, 0.6) is 5.75 Å². The largest absolute Gasteiger partial charge is 0.508 e. The Morgan fingerprint density at radius 3 is 2.50 bits per heavy atom. The Bertz CT molecular complexity index is 791. The van der Waals surface area contributed by atoms with Gasteiger partial charge in [-0.2, -0.15) is 0 Å². The number of rotatable bonds is 9. The molecule has 2 amide bonds. The first kappa shape index (κ1) is 22.1. The summed E-state index contributed by atoms with van der Waals surface area (Å²) in [5.41, 5.74) is 2.24. The smallest absolute Gasteiger partial charge is 0.315 e. The number of phenolic OH excluding ortho intramolecular Hbond substituents is 1. The van der Waals surface area contributed by atoms with Crippen molar-refractivity contribution in [2.75, 3.05) is 40.3 Å². The number of aromatic hydroxyl groups is 1. The molecule has 2 unspecified atom stereocenters. The number of likely N-dealkylation sites (N-methyl/N-ethyl adjacent to an activating group) is 1. The summed E-state index contributed by atoms with van der Waals surface area (Å²) >= 11 is 0. The summed E-state index contributed by atoms with van der Waals surface area (Å²) < 4.78 is 0. The topological polar surface area (TPSA) is 67.8 Å². The molecule has 162 valence electrons. The monoisotopic (exact) mass is 410 g/mol. The highest BCUT2D eigenvalue weighted by Gasteiger charge is 2.24. The molecule has 1 heterocycles. The van der Waals surface area contributed by atoms with Crippen LogP contribution in [0.4, 0.5) is 4.79 Å². The molecule has 1 aliphatic heterocycles. The van der Waals surface area contributed by atoms with Gasteiger partial charge < -0.3 is 20.6 Å². The number of carbonyl (C=O) groups is 1. The van der Waals surface area contributed by atoms with Gasteiger partial charge in [-0.1, -0.05) is 42.5 Å². The van der Waals surface area contributed by atoms with E-state index < -0.39 is 0 Å². The molecule has 6 heteroatoms. The summed E-state index contributed by atoms with van der Waals surface area (Å²) in [6, 6.07) is 17.5. The average molecular weight is 411 g/mol. The molecule has 1 aliphatic rings. The van der Waals surface area contributed by atoms with E-state index in [0.29, 0.717) is 6.54 Å². The molecular formula is C24H34N4O2. The predicted molar refractivity (Wildman–Crippen MR) is 121 cm³/mol. The van der Waals surface area contributed by atoms with Crippen LogP contribution in [0.15, 0.2) is 54.6 Å². The zero-order valence-electron chi connectivity index (χ0n) is 18.1. The molecule has 2 atom stereocenters. The summed E-state index contributed by atoms with van der Waals surface area (Å²) in [5.74, 6) is 0.259. The number of phenols is 1. The minimum atomic E-state index is -0.151. The van der Waals surface area contributed by atoms with Gasteiger partial charge in [0.1, 0.15) is 5.75 Å². The lowest BCUT2D eigenvalue weighted by Crippen LogP contribution is -2.49. The molecule has 0 radical (unpaired) electrons. The fourth-order valence-electron chi connectivity index (χ4n) is 4.17. The second-order valence-electron chi connectivity index (χ2n) is 8.36. The molecule has 0 aromatic heterocycles. The molecule has 0 saturated carbocycles. The Hall–Kier alpha value is -2.57. The minimum Gasteiger partial charge on any atom is -0.508 e. The Morgan fingerprint density at radius 1 is 1.10 bits per heavy atom. The number of benzene rings is 2. The lowest BCUT2D eigenvalue weighted by molar-refractivity contribution is 0.215. The quantitative estimate of drug-likeness (QED) is 0.595. The Morgan fingerprint density at radius 2 is 1.83 bits per heavy atom. The van der Waals surface area contributed by atoms with Gasteiger partial charge in [0.15, 0.2) is 0 Å². The van der Waals surface area contributed by atoms with Crippen LogP contribution in [0, 0.1) is 0 Å². The first-order valence-corrected chi connectivity index (χ1v) is 10.8. The number of hydrogen-bond donors (Lipinski definition) is 3. The van der Waals surface area contributed by atoms with E-state index in [1.807, 2.05) is 44.4 Å². The number of amides is 2. The highest BCUT2D eigenvalue weighted by Crippen LogP contribution is 2.26. The molecule has 1 fully saturated rings. The van der Waals surface area contributed by atoms with Crippen molar-refractivity contribution in [2.45, 2.75) is 31.3 Å². The number of urea groups is 1. The van der Waals surface area contributed by atoms with Crippen LogP contribution in [0.25, 0.3) is 0 Å². The van der Waals surface area contributed by atoms with E-state index in [-0.39, 0.29) is 23.9 Å². The summed E-state index contributed by atoms with van der Waals surface area (Å²) in [4.78, 5) is 17.2. The van der Waals surface area contributed by atoms with Crippen molar-refractivity contribution in [3.05, 3.63) is 65.7 Å². The maximum atomic E-state index is 12.7. The van der Waals surface area contributed by atoms with Crippen LogP contribution in [0.2, 0.25) is 0 Å². The molecule has 0 bridgehead atoms. The maximum absolute atomic E-state index is 12.7. The van der Waals surface area contributed by atoms with Crippen LogP contribution in [0.3, 0.4) is 0 Å². The highest BCUT2D eigenvalue weighted by molar-refractivity contribution is 5.74. The van der Waals surface area contributed by atoms with Gasteiger partial charge >= 0.3 is 6.03 Å². The number of nitrogens with zero attached hydrogens (tertiary/aromatic N) is 2. The number of likely N-dealkylation sites (tertiary alicyclic amines) is 1. The molecule has 2 aromatic carbocycles. The van der Waals surface area contributed by atoms with Crippen molar-refractivity contribution in [1.82, 2.24) is 20.4 Å². The van der Waals surface area contributed by atoms with Gasteiger partial charge in [-0.25, -0.2) is 4.79 Å². The fourth-order valence-corrected chi connectivity index (χ4v) is 4.17. The Balaban J connectivity index is 1.61. The van der Waals surface area contributed by atoms with Gasteiger partial charge in [0.25, 0.3) is 0 Å². The zero-order valence-corrected chi connectivity index (χ0v) is 18.1. The van der Waals surface area contributed by atoms with Crippen LogP contribution in [-0.2, 0) is 6.42 Å². The summed E-state index contributed by atoms with van der Waals surface area (Å²) in [6.07, 6.45) is 3.13. The zero-order chi connectivity index (χ0) is 21.3. The third-order valence-electron chi connectivity index (χ3n) is 5.54. The van der Waals surface area contributed by atoms with E-state index in [1.54, 1.807) is 12.1 Å². The van der Waals surface area contributed by atoms with Crippen LogP contribution >= 0.6 is 0 Å². The summed E-state index contributed by atoms with van der Waals surface area (Å²) in [5, 5.41) is 16.1. The molecule has 3 rings (SSSR count).